The fourth-order valence-corrected chi connectivity index (χ4v) is 2.96. The van der Waals surface area contributed by atoms with Crippen molar-refractivity contribution in [3.8, 4) is 0 Å². The number of benzene rings is 1. The highest BCUT2D eigenvalue weighted by atomic mass is 32.1. The summed E-state index contributed by atoms with van der Waals surface area (Å²) >= 11 is 1.76. The number of hydrogen-bond acceptors (Lipinski definition) is 3. The maximum atomic E-state index is 4.44. The van der Waals surface area contributed by atoms with Crippen molar-refractivity contribution in [1.82, 2.24) is 9.97 Å². The molecule has 3 aromatic rings. The topological polar surface area (TPSA) is 40.7 Å². The minimum absolute atomic E-state index is 0.841. The molecule has 0 fully saturated rings. The minimum Gasteiger partial charge on any atom is -0.380 e. The van der Waals surface area contributed by atoms with E-state index in [1.54, 1.807) is 11.3 Å². The van der Waals surface area contributed by atoms with E-state index >= 15 is 0 Å². The fraction of sp³-hybridized carbons (Fsp3) is 0.214. The Morgan fingerprint density at radius 3 is 2.94 bits per heavy atom. The van der Waals surface area contributed by atoms with Crippen LogP contribution in [-0.2, 0) is 6.54 Å². The maximum absolute atomic E-state index is 4.44. The molecule has 0 aliphatic rings. The summed E-state index contributed by atoms with van der Waals surface area (Å²) in [5.74, 6) is 0. The molecule has 1 aromatic carbocycles. The van der Waals surface area contributed by atoms with Crippen LogP contribution in [0.4, 0.5) is 5.69 Å². The number of aromatic amines is 1. The lowest BCUT2D eigenvalue weighted by molar-refractivity contribution is 1.11. The van der Waals surface area contributed by atoms with E-state index in [0.717, 1.165) is 22.9 Å². The first kappa shape index (κ1) is 11.3. The first-order valence-corrected chi connectivity index (χ1v) is 6.78. The molecule has 0 spiro atoms. The summed E-state index contributed by atoms with van der Waals surface area (Å²) in [4.78, 5) is 8.94. The summed E-state index contributed by atoms with van der Waals surface area (Å²) in [7, 11) is 0. The van der Waals surface area contributed by atoms with Gasteiger partial charge in [-0.25, -0.2) is 4.98 Å². The Labute approximate surface area is 110 Å². The summed E-state index contributed by atoms with van der Waals surface area (Å²) in [5, 5.41) is 5.82. The maximum Gasteiger partial charge on any atom is 0.0900 e. The van der Waals surface area contributed by atoms with Gasteiger partial charge in [0.1, 0.15) is 0 Å². The number of thiazole rings is 1. The average molecular weight is 257 g/mol. The van der Waals surface area contributed by atoms with Gasteiger partial charge in [0, 0.05) is 27.7 Å². The Bertz CT molecular complexity index is 681. The lowest BCUT2D eigenvalue weighted by Crippen LogP contribution is -1.98. The minimum atomic E-state index is 0.841. The van der Waals surface area contributed by atoms with Crippen LogP contribution < -0.4 is 5.32 Å². The number of aromatic nitrogens is 2. The van der Waals surface area contributed by atoms with Gasteiger partial charge in [-0.2, -0.15) is 0 Å². The van der Waals surface area contributed by atoms with Crippen LogP contribution >= 0.6 is 11.3 Å². The number of aryl methyl sites for hydroxylation is 2. The summed E-state index contributed by atoms with van der Waals surface area (Å²) in [6.07, 6.45) is 1.96. The standard InChI is InChI=1S/C14H15N3S/c1-9-14(18-10(2)17-9)8-16-12-3-4-13-11(7-12)5-6-15-13/h3-7,15-16H,8H2,1-2H3. The van der Waals surface area contributed by atoms with Crippen molar-refractivity contribution in [3.63, 3.8) is 0 Å². The Morgan fingerprint density at radius 1 is 1.28 bits per heavy atom. The third kappa shape index (κ3) is 2.11. The molecule has 0 saturated carbocycles. The van der Waals surface area contributed by atoms with E-state index < -0.39 is 0 Å². The van der Waals surface area contributed by atoms with Crippen molar-refractivity contribution in [2.75, 3.05) is 5.32 Å². The zero-order chi connectivity index (χ0) is 12.5. The molecule has 0 atom stereocenters. The number of fused-ring (bicyclic) bond motifs is 1. The number of nitrogens with one attached hydrogen (secondary N) is 2. The molecule has 0 unspecified atom stereocenters. The number of hydrogen-bond donors (Lipinski definition) is 2. The van der Waals surface area contributed by atoms with Crippen molar-refractivity contribution in [3.05, 3.63) is 46.0 Å². The molecule has 2 heterocycles. The second-order valence-electron chi connectivity index (χ2n) is 4.37. The zero-order valence-electron chi connectivity index (χ0n) is 10.4. The van der Waals surface area contributed by atoms with Gasteiger partial charge in [-0.05, 0) is 38.1 Å². The quantitative estimate of drug-likeness (QED) is 0.748. The van der Waals surface area contributed by atoms with Gasteiger partial charge in [0.2, 0.25) is 0 Å². The third-order valence-corrected chi connectivity index (χ3v) is 4.08. The van der Waals surface area contributed by atoms with E-state index in [2.05, 4.69) is 46.5 Å². The van der Waals surface area contributed by atoms with Crippen LogP contribution in [0.5, 0.6) is 0 Å². The Hall–Kier alpha value is -1.81. The largest absolute Gasteiger partial charge is 0.380 e. The fourth-order valence-electron chi connectivity index (χ4n) is 2.08. The molecule has 2 aromatic heterocycles. The van der Waals surface area contributed by atoms with Crippen LogP contribution in [0.1, 0.15) is 15.6 Å². The highest BCUT2D eigenvalue weighted by Gasteiger charge is 2.04. The molecule has 0 saturated heterocycles. The SMILES string of the molecule is Cc1nc(C)c(CNc2ccc3[nH]ccc3c2)s1. The van der Waals surface area contributed by atoms with Gasteiger partial charge < -0.3 is 10.3 Å². The van der Waals surface area contributed by atoms with E-state index in [1.807, 2.05) is 13.1 Å². The first-order chi connectivity index (χ1) is 8.72. The molecular formula is C14H15N3S. The molecule has 0 aliphatic heterocycles. The molecule has 0 amide bonds. The van der Waals surface area contributed by atoms with Crippen LogP contribution in [0.15, 0.2) is 30.5 Å². The molecule has 92 valence electrons. The van der Waals surface area contributed by atoms with Gasteiger partial charge in [-0.15, -0.1) is 11.3 Å². The van der Waals surface area contributed by atoms with Crippen LogP contribution in [0.2, 0.25) is 0 Å². The lowest BCUT2D eigenvalue weighted by Gasteiger charge is -2.05. The zero-order valence-corrected chi connectivity index (χ0v) is 11.3. The van der Waals surface area contributed by atoms with Crippen molar-refractivity contribution in [2.24, 2.45) is 0 Å². The number of H-pyrrole nitrogens is 1. The lowest BCUT2D eigenvalue weighted by atomic mass is 10.2. The second kappa shape index (κ2) is 4.46. The van der Waals surface area contributed by atoms with Crippen LogP contribution in [0.25, 0.3) is 10.9 Å². The van der Waals surface area contributed by atoms with Gasteiger partial charge >= 0.3 is 0 Å². The molecule has 3 rings (SSSR count). The van der Waals surface area contributed by atoms with Crippen LogP contribution in [0.3, 0.4) is 0 Å². The molecule has 0 aliphatic carbocycles. The van der Waals surface area contributed by atoms with E-state index in [0.29, 0.717) is 0 Å². The van der Waals surface area contributed by atoms with Crippen molar-refractivity contribution in [2.45, 2.75) is 20.4 Å². The second-order valence-corrected chi connectivity index (χ2v) is 5.66. The van der Waals surface area contributed by atoms with Crippen LogP contribution in [0, 0.1) is 13.8 Å². The van der Waals surface area contributed by atoms with Gasteiger partial charge in [0.05, 0.1) is 17.2 Å². The van der Waals surface area contributed by atoms with Crippen molar-refractivity contribution in [1.29, 1.82) is 0 Å². The summed E-state index contributed by atoms with van der Waals surface area (Å²) in [5.41, 5.74) is 3.45. The summed E-state index contributed by atoms with van der Waals surface area (Å²) in [6, 6.07) is 8.45. The summed E-state index contributed by atoms with van der Waals surface area (Å²) in [6.45, 7) is 4.95. The average Bonchev–Trinajstić information content (AvgIpc) is 2.92. The Kier molecular flexibility index (Phi) is 2.80. The van der Waals surface area contributed by atoms with E-state index in [9.17, 15) is 0 Å². The smallest absolute Gasteiger partial charge is 0.0900 e. The molecule has 0 radical (unpaired) electrons. The van der Waals surface area contributed by atoms with Crippen molar-refractivity contribution < 1.29 is 0 Å². The van der Waals surface area contributed by atoms with Gasteiger partial charge in [-0.1, -0.05) is 0 Å². The van der Waals surface area contributed by atoms with Crippen LogP contribution in [-0.4, -0.2) is 9.97 Å². The van der Waals surface area contributed by atoms with E-state index in [1.165, 1.54) is 15.8 Å². The first-order valence-electron chi connectivity index (χ1n) is 5.96. The van der Waals surface area contributed by atoms with E-state index in [-0.39, 0.29) is 0 Å². The number of anilines is 1. The number of rotatable bonds is 3. The van der Waals surface area contributed by atoms with Crippen molar-refractivity contribution >= 4 is 27.9 Å². The third-order valence-electron chi connectivity index (χ3n) is 3.01. The predicted molar refractivity (Wildman–Crippen MR) is 77.2 cm³/mol. The van der Waals surface area contributed by atoms with Gasteiger partial charge in [-0.3, -0.25) is 0 Å². The van der Waals surface area contributed by atoms with Gasteiger partial charge in [0.15, 0.2) is 0 Å². The Morgan fingerprint density at radius 2 is 2.17 bits per heavy atom. The molecule has 0 bridgehead atoms. The highest BCUT2D eigenvalue weighted by Crippen LogP contribution is 2.21. The molecule has 3 nitrogen and oxygen atoms in total. The highest BCUT2D eigenvalue weighted by molar-refractivity contribution is 7.11. The number of nitrogens with zero attached hydrogens (tertiary/aromatic N) is 1. The monoisotopic (exact) mass is 257 g/mol. The Balaban J connectivity index is 1.78. The summed E-state index contributed by atoms with van der Waals surface area (Å²) < 4.78 is 0. The van der Waals surface area contributed by atoms with E-state index in [4.69, 9.17) is 0 Å². The molecule has 18 heavy (non-hydrogen) atoms. The van der Waals surface area contributed by atoms with Gasteiger partial charge in [0.25, 0.3) is 0 Å². The normalized spacial score (nSPS) is 11.0. The predicted octanol–water partition coefficient (Wildman–Crippen LogP) is 3.85. The molecule has 4 heteroatoms. The molecule has 2 N–H and O–H groups in total. The molecular weight excluding hydrogens is 242 g/mol.